The van der Waals surface area contributed by atoms with Gasteiger partial charge in [-0.25, -0.2) is 0 Å². The number of piperidine rings is 1. The van der Waals surface area contributed by atoms with Crippen molar-refractivity contribution in [2.24, 2.45) is 0 Å². The average molecular weight is 398 g/mol. The van der Waals surface area contributed by atoms with Crippen LogP contribution in [0.4, 0.5) is 0 Å². The number of carbonyl (C=O) groups excluding carboxylic acids is 2. The number of hydrogen-bond donors (Lipinski definition) is 1. The highest BCUT2D eigenvalue weighted by atomic mass is 16.5. The SMILES string of the molecule is COc1ccc(/C=C/C(=O)NC(C)C(=O)N2CCCC(c3nc(C)no3)C2)cc1. The number of carbonyl (C=O) groups is 2. The zero-order valence-electron chi connectivity index (χ0n) is 16.9. The van der Waals surface area contributed by atoms with Gasteiger partial charge < -0.3 is 19.5 Å². The molecule has 2 unspecified atom stereocenters. The van der Waals surface area contributed by atoms with Gasteiger partial charge in [0, 0.05) is 19.2 Å². The van der Waals surface area contributed by atoms with Crippen LogP contribution in [0.5, 0.6) is 5.75 Å². The van der Waals surface area contributed by atoms with Crippen LogP contribution < -0.4 is 10.1 Å². The van der Waals surface area contributed by atoms with Crippen LogP contribution in [0.15, 0.2) is 34.9 Å². The van der Waals surface area contributed by atoms with E-state index >= 15 is 0 Å². The highest BCUT2D eigenvalue weighted by molar-refractivity contribution is 5.95. The number of aromatic nitrogens is 2. The maximum atomic E-state index is 12.8. The zero-order valence-corrected chi connectivity index (χ0v) is 16.9. The molecule has 1 aromatic heterocycles. The van der Waals surface area contributed by atoms with Crippen LogP contribution in [0.3, 0.4) is 0 Å². The number of ether oxygens (including phenoxy) is 1. The second-order valence-electron chi connectivity index (χ2n) is 7.14. The highest BCUT2D eigenvalue weighted by Gasteiger charge is 2.30. The molecule has 2 aromatic rings. The highest BCUT2D eigenvalue weighted by Crippen LogP contribution is 2.26. The van der Waals surface area contributed by atoms with E-state index in [-0.39, 0.29) is 17.7 Å². The molecule has 154 valence electrons. The molecule has 2 heterocycles. The monoisotopic (exact) mass is 398 g/mol. The quantitative estimate of drug-likeness (QED) is 0.750. The van der Waals surface area contributed by atoms with Gasteiger partial charge >= 0.3 is 0 Å². The fourth-order valence-electron chi connectivity index (χ4n) is 3.34. The van der Waals surface area contributed by atoms with Gasteiger partial charge in [-0.15, -0.1) is 0 Å². The van der Waals surface area contributed by atoms with E-state index in [0.29, 0.717) is 24.8 Å². The number of methoxy groups -OCH3 is 1. The first-order chi connectivity index (χ1) is 14.0. The van der Waals surface area contributed by atoms with Gasteiger partial charge in [0.25, 0.3) is 0 Å². The van der Waals surface area contributed by atoms with Crippen molar-refractivity contribution in [2.75, 3.05) is 20.2 Å². The van der Waals surface area contributed by atoms with Crippen molar-refractivity contribution >= 4 is 17.9 Å². The summed E-state index contributed by atoms with van der Waals surface area (Å²) in [6.07, 6.45) is 4.87. The van der Waals surface area contributed by atoms with Crippen molar-refractivity contribution in [1.29, 1.82) is 0 Å². The summed E-state index contributed by atoms with van der Waals surface area (Å²) in [5.41, 5.74) is 0.869. The van der Waals surface area contributed by atoms with Gasteiger partial charge in [0.15, 0.2) is 5.82 Å². The van der Waals surface area contributed by atoms with Crippen molar-refractivity contribution in [3.05, 3.63) is 47.6 Å². The standard InChI is InChI=1S/C21H26N4O4/c1-14(22-19(26)11-8-16-6-9-18(28-3)10-7-16)21(27)25-12-4-5-17(13-25)20-23-15(2)24-29-20/h6-11,14,17H,4-5,12-13H2,1-3H3,(H,22,26)/b11-8+. The third-order valence-electron chi connectivity index (χ3n) is 4.90. The summed E-state index contributed by atoms with van der Waals surface area (Å²) >= 11 is 0. The van der Waals surface area contributed by atoms with Crippen LogP contribution in [-0.2, 0) is 9.59 Å². The lowest BCUT2D eigenvalue weighted by Gasteiger charge is -2.32. The maximum absolute atomic E-state index is 12.8. The summed E-state index contributed by atoms with van der Waals surface area (Å²) in [6.45, 7) is 4.64. The molecular formula is C21H26N4O4. The molecule has 1 N–H and O–H groups in total. The first kappa shape index (κ1) is 20.6. The molecule has 0 radical (unpaired) electrons. The summed E-state index contributed by atoms with van der Waals surface area (Å²) in [5.74, 6) is 1.51. The van der Waals surface area contributed by atoms with Crippen molar-refractivity contribution in [3.8, 4) is 5.75 Å². The van der Waals surface area contributed by atoms with E-state index in [1.165, 1.54) is 6.08 Å². The number of nitrogens with one attached hydrogen (secondary N) is 1. The van der Waals surface area contributed by atoms with Crippen LogP contribution in [0.2, 0.25) is 0 Å². The largest absolute Gasteiger partial charge is 0.497 e. The first-order valence-electron chi connectivity index (χ1n) is 9.68. The van der Waals surface area contributed by atoms with E-state index in [2.05, 4.69) is 15.5 Å². The van der Waals surface area contributed by atoms with E-state index in [1.54, 1.807) is 31.9 Å². The fraction of sp³-hybridized carbons (Fsp3) is 0.429. The van der Waals surface area contributed by atoms with Crippen LogP contribution in [-0.4, -0.2) is 53.1 Å². The molecule has 1 fully saturated rings. The van der Waals surface area contributed by atoms with E-state index in [4.69, 9.17) is 9.26 Å². The lowest BCUT2D eigenvalue weighted by atomic mass is 9.97. The van der Waals surface area contributed by atoms with Gasteiger partial charge in [-0.2, -0.15) is 4.98 Å². The second kappa shape index (κ2) is 9.36. The lowest BCUT2D eigenvalue weighted by molar-refractivity contribution is -0.136. The smallest absolute Gasteiger partial charge is 0.244 e. The van der Waals surface area contributed by atoms with Gasteiger partial charge in [-0.05, 0) is 50.5 Å². The summed E-state index contributed by atoms with van der Waals surface area (Å²) in [6, 6.07) is 6.73. The fourth-order valence-corrected chi connectivity index (χ4v) is 3.34. The van der Waals surface area contributed by atoms with E-state index in [9.17, 15) is 9.59 Å². The molecule has 2 amide bonds. The average Bonchev–Trinajstić information content (AvgIpc) is 3.18. The Balaban J connectivity index is 1.53. The molecule has 2 atom stereocenters. The van der Waals surface area contributed by atoms with Gasteiger partial charge in [0.05, 0.1) is 13.0 Å². The number of aryl methyl sites for hydroxylation is 1. The van der Waals surface area contributed by atoms with E-state index in [0.717, 1.165) is 24.2 Å². The Hall–Kier alpha value is -3.16. The minimum Gasteiger partial charge on any atom is -0.497 e. The van der Waals surface area contributed by atoms with Gasteiger partial charge in [0.2, 0.25) is 17.7 Å². The Bertz CT molecular complexity index is 875. The maximum Gasteiger partial charge on any atom is 0.244 e. The van der Waals surface area contributed by atoms with Gasteiger partial charge in [-0.3, -0.25) is 9.59 Å². The number of benzene rings is 1. The topological polar surface area (TPSA) is 97.6 Å². The van der Waals surface area contributed by atoms with Crippen molar-refractivity contribution in [2.45, 2.75) is 38.6 Å². The molecule has 8 heteroatoms. The normalized spacial score (nSPS) is 17.9. The number of likely N-dealkylation sites (tertiary alicyclic amines) is 1. The van der Waals surface area contributed by atoms with Gasteiger partial charge in [-0.1, -0.05) is 17.3 Å². The molecule has 1 aromatic carbocycles. The number of amides is 2. The molecule has 8 nitrogen and oxygen atoms in total. The minimum absolute atomic E-state index is 0.0340. The summed E-state index contributed by atoms with van der Waals surface area (Å²) in [5, 5.41) is 6.57. The third kappa shape index (κ3) is 5.43. The number of nitrogens with zero attached hydrogens (tertiary/aromatic N) is 3. The molecule has 1 saturated heterocycles. The summed E-state index contributed by atoms with van der Waals surface area (Å²) < 4.78 is 10.4. The molecule has 29 heavy (non-hydrogen) atoms. The molecule has 3 rings (SSSR count). The van der Waals surface area contributed by atoms with Crippen molar-refractivity contribution in [1.82, 2.24) is 20.4 Å². The molecule has 0 spiro atoms. The number of hydrogen-bond acceptors (Lipinski definition) is 6. The first-order valence-corrected chi connectivity index (χ1v) is 9.68. The van der Waals surface area contributed by atoms with Crippen LogP contribution in [0.25, 0.3) is 6.08 Å². The number of rotatable bonds is 6. The molecule has 0 bridgehead atoms. The van der Waals surface area contributed by atoms with Crippen LogP contribution in [0, 0.1) is 6.92 Å². The third-order valence-corrected chi connectivity index (χ3v) is 4.90. The second-order valence-corrected chi connectivity index (χ2v) is 7.14. The molecular weight excluding hydrogens is 372 g/mol. The van der Waals surface area contributed by atoms with Crippen molar-refractivity contribution in [3.63, 3.8) is 0 Å². The van der Waals surface area contributed by atoms with Crippen molar-refractivity contribution < 1.29 is 18.8 Å². The Morgan fingerprint density at radius 3 is 2.76 bits per heavy atom. The molecule has 0 saturated carbocycles. The minimum atomic E-state index is -0.619. The van der Waals surface area contributed by atoms with E-state index < -0.39 is 6.04 Å². The summed E-state index contributed by atoms with van der Waals surface area (Å²) in [4.78, 5) is 31.0. The Labute approximate surface area is 169 Å². The predicted molar refractivity (Wildman–Crippen MR) is 107 cm³/mol. The Morgan fingerprint density at radius 2 is 2.10 bits per heavy atom. The Kier molecular flexibility index (Phi) is 6.64. The zero-order chi connectivity index (χ0) is 20.8. The molecule has 0 aliphatic carbocycles. The van der Waals surface area contributed by atoms with E-state index in [1.807, 2.05) is 24.3 Å². The summed E-state index contributed by atoms with van der Waals surface area (Å²) in [7, 11) is 1.60. The Morgan fingerprint density at radius 1 is 1.34 bits per heavy atom. The molecule has 1 aliphatic heterocycles. The predicted octanol–water partition coefficient (Wildman–Crippen LogP) is 2.31. The van der Waals surface area contributed by atoms with Crippen LogP contribution >= 0.6 is 0 Å². The lowest BCUT2D eigenvalue weighted by Crippen LogP contribution is -2.49. The van der Waals surface area contributed by atoms with Crippen LogP contribution in [0.1, 0.15) is 43.0 Å². The van der Waals surface area contributed by atoms with Gasteiger partial charge in [0.1, 0.15) is 11.8 Å². The molecule has 1 aliphatic rings.